The van der Waals surface area contributed by atoms with E-state index in [2.05, 4.69) is 62.6 Å². The first-order valence-electron chi connectivity index (χ1n) is 11.6. The highest BCUT2D eigenvalue weighted by Gasteiger charge is 2.53. The number of aromatic nitrogens is 2. The lowest BCUT2D eigenvalue weighted by Crippen LogP contribution is -2.57. The van der Waals surface area contributed by atoms with Crippen molar-refractivity contribution in [1.29, 1.82) is 0 Å². The Kier molecular flexibility index (Phi) is 3.52. The number of rotatable bonds is 1. The molecule has 6 aromatic rings. The normalized spacial score (nSPS) is 13.8. The predicted octanol–water partition coefficient (Wildman–Crippen LogP) is 6.12. The minimum atomic E-state index is -0.257. The molecule has 0 unspecified atom stereocenters. The van der Waals surface area contributed by atoms with Gasteiger partial charge in [-0.15, -0.1) is 0 Å². The van der Waals surface area contributed by atoms with E-state index in [1.165, 1.54) is 23.1 Å². The second-order valence-electron chi connectivity index (χ2n) is 9.07. The number of anilines is 4. The monoisotopic (exact) mass is 456 g/mol. The second kappa shape index (κ2) is 6.54. The summed E-state index contributed by atoms with van der Waals surface area (Å²) in [6, 6.07) is 25.3. The van der Waals surface area contributed by atoms with E-state index in [4.69, 9.17) is 4.42 Å². The van der Waals surface area contributed by atoms with Crippen molar-refractivity contribution in [3.8, 4) is 11.1 Å². The van der Waals surface area contributed by atoms with Crippen molar-refractivity contribution in [2.24, 2.45) is 7.05 Å². The third kappa shape index (κ3) is 2.30. The summed E-state index contributed by atoms with van der Waals surface area (Å²) in [5.74, 6) is 0.524. The van der Waals surface area contributed by atoms with Crippen LogP contribution in [-0.2, 0) is 7.05 Å². The van der Waals surface area contributed by atoms with Crippen LogP contribution < -0.4 is 15.2 Å². The number of hydrogen-bond donors (Lipinski definition) is 0. The Morgan fingerprint density at radius 2 is 1.63 bits per heavy atom. The van der Waals surface area contributed by atoms with Gasteiger partial charge in [0.1, 0.15) is 17.1 Å². The van der Waals surface area contributed by atoms with Crippen LogP contribution >= 0.6 is 0 Å². The molecule has 0 spiro atoms. The molecular weight excluding hydrogens is 438 g/mol. The molecule has 0 radical (unpaired) electrons. The summed E-state index contributed by atoms with van der Waals surface area (Å²) in [6.07, 6.45) is 3.77. The molecule has 7 heteroatoms. The minimum Gasteiger partial charge on any atom is -0.439 e. The summed E-state index contributed by atoms with van der Waals surface area (Å²) in [4.78, 5) is 9.03. The topological polar surface area (TPSA) is 37.4 Å². The number of furan rings is 1. The third-order valence-electron chi connectivity index (χ3n) is 7.33. The quantitative estimate of drug-likeness (QED) is 0.279. The molecule has 0 saturated carbocycles. The number of hydrogen-bond acceptors (Lipinski definition) is 4. The van der Waals surface area contributed by atoms with Crippen LogP contribution in [0.25, 0.3) is 33.0 Å². The smallest absolute Gasteiger partial charge is 0.439 e. The molecule has 5 heterocycles. The van der Waals surface area contributed by atoms with Crippen molar-refractivity contribution in [3.63, 3.8) is 0 Å². The number of pyridine rings is 1. The fraction of sp³-hybridized carbons (Fsp3) is 0.0357. The van der Waals surface area contributed by atoms with E-state index < -0.39 is 0 Å². The molecule has 0 amide bonds. The lowest BCUT2D eigenvalue weighted by atomic mass is 9.63. The third-order valence-corrected chi connectivity index (χ3v) is 7.33. The molecule has 0 fully saturated rings. The Morgan fingerprint density at radius 1 is 0.857 bits per heavy atom. The van der Waals surface area contributed by atoms with Gasteiger partial charge in [-0.25, -0.2) is 4.39 Å². The lowest BCUT2D eigenvalue weighted by molar-refractivity contribution is 0.628. The van der Waals surface area contributed by atoms with Gasteiger partial charge in [-0.1, -0.05) is 30.3 Å². The zero-order valence-corrected chi connectivity index (χ0v) is 18.8. The van der Waals surface area contributed by atoms with Crippen LogP contribution in [0.2, 0.25) is 0 Å². The molecule has 166 valence electrons. The summed E-state index contributed by atoms with van der Waals surface area (Å²) in [5, 5.41) is 2.21. The molecule has 0 bridgehead atoms. The molecule has 8 rings (SSSR count). The van der Waals surface area contributed by atoms with Gasteiger partial charge in [0, 0.05) is 63.8 Å². The molecular formula is C28H18BFN4O. The van der Waals surface area contributed by atoms with E-state index in [1.54, 1.807) is 0 Å². The molecule has 35 heavy (non-hydrogen) atoms. The molecule has 5 nitrogen and oxygen atoms in total. The Labute approximate surface area is 200 Å². The lowest BCUT2D eigenvalue weighted by Gasteiger charge is -2.35. The van der Waals surface area contributed by atoms with Crippen LogP contribution in [0, 0.1) is 5.82 Å². The zero-order chi connectivity index (χ0) is 23.3. The van der Waals surface area contributed by atoms with E-state index in [1.807, 2.05) is 42.7 Å². The van der Waals surface area contributed by atoms with Crippen molar-refractivity contribution in [1.82, 2.24) is 9.55 Å². The average Bonchev–Trinajstić information content (AvgIpc) is 3.52. The van der Waals surface area contributed by atoms with Gasteiger partial charge >= 0.3 is 6.98 Å². The standard InChI is InChI=1S/C28H18BFN4O/c1-32-22-8-4-2-6-19(22)25-21-16-31-15-14-23(21)34-28-26(20-7-3-5-9-24(20)35-28)33(29(34)27(25)32)18-12-10-17(30)11-13-18/h2-16H,1H3. The molecule has 2 aliphatic rings. The van der Waals surface area contributed by atoms with Gasteiger partial charge in [0.25, 0.3) is 0 Å². The Morgan fingerprint density at radius 3 is 2.49 bits per heavy atom. The van der Waals surface area contributed by atoms with Crippen LogP contribution in [0.5, 0.6) is 0 Å². The number of benzene rings is 3. The molecule has 2 aliphatic heterocycles. The van der Waals surface area contributed by atoms with Gasteiger partial charge < -0.3 is 18.6 Å². The van der Waals surface area contributed by atoms with Crippen molar-refractivity contribution >= 4 is 57.4 Å². The number of halogens is 1. The van der Waals surface area contributed by atoms with Gasteiger partial charge in [-0.05, 0) is 48.5 Å². The van der Waals surface area contributed by atoms with Crippen molar-refractivity contribution < 1.29 is 8.81 Å². The van der Waals surface area contributed by atoms with Crippen molar-refractivity contribution in [3.05, 3.63) is 97.1 Å². The number of nitrogens with zero attached hydrogens (tertiary/aromatic N) is 4. The van der Waals surface area contributed by atoms with E-state index in [9.17, 15) is 4.39 Å². The van der Waals surface area contributed by atoms with E-state index in [-0.39, 0.29) is 12.8 Å². The van der Waals surface area contributed by atoms with E-state index in [0.29, 0.717) is 0 Å². The summed E-state index contributed by atoms with van der Waals surface area (Å²) in [7, 11) is 2.11. The van der Waals surface area contributed by atoms with Crippen LogP contribution in [0.3, 0.4) is 0 Å². The molecule has 0 atom stereocenters. The summed E-state index contributed by atoms with van der Waals surface area (Å²) < 4.78 is 22.8. The zero-order valence-electron chi connectivity index (χ0n) is 18.8. The minimum absolute atomic E-state index is 0.207. The molecule has 3 aromatic carbocycles. The summed E-state index contributed by atoms with van der Waals surface area (Å²) >= 11 is 0. The van der Waals surface area contributed by atoms with Gasteiger partial charge in [-0.2, -0.15) is 0 Å². The van der Waals surface area contributed by atoms with E-state index >= 15 is 0 Å². The second-order valence-corrected chi connectivity index (χ2v) is 9.07. The largest absolute Gasteiger partial charge is 0.441 e. The maximum absolute atomic E-state index is 14.0. The van der Waals surface area contributed by atoms with Gasteiger partial charge in [0.05, 0.1) is 0 Å². The van der Waals surface area contributed by atoms with Gasteiger partial charge in [-0.3, -0.25) is 4.98 Å². The first-order chi connectivity index (χ1) is 17.2. The average molecular weight is 456 g/mol. The van der Waals surface area contributed by atoms with Crippen LogP contribution in [0.15, 0.2) is 95.7 Å². The summed E-state index contributed by atoms with van der Waals surface area (Å²) in [5.41, 5.74) is 8.30. The highest BCUT2D eigenvalue weighted by Crippen LogP contribution is 2.55. The Balaban J connectivity index is 1.53. The van der Waals surface area contributed by atoms with Crippen LogP contribution in [0.1, 0.15) is 0 Å². The van der Waals surface area contributed by atoms with Crippen molar-refractivity contribution in [2.75, 3.05) is 9.62 Å². The van der Waals surface area contributed by atoms with Gasteiger partial charge in [0.15, 0.2) is 0 Å². The molecule has 0 N–H and O–H groups in total. The predicted molar refractivity (Wildman–Crippen MR) is 138 cm³/mol. The molecule has 3 aromatic heterocycles. The Hall–Kier alpha value is -4.52. The highest BCUT2D eigenvalue weighted by molar-refractivity contribution is 6.86. The van der Waals surface area contributed by atoms with Crippen LogP contribution in [-0.4, -0.2) is 16.5 Å². The number of aryl methyl sites for hydroxylation is 1. The SMILES string of the molecule is Cn1c2c(c3ccccc31)-c1cnccc1N1B2N(c2ccc(F)cc2)c2c1oc1ccccc21. The number of para-hydroxylation sites is 2. The molecule has 0 saturated heterocycles. The maximum Gasteiger partial charge on any atom is 0.441 e. The highest BCUT2D eigenvalue weighted by atomic mass is 19.1. The fourth-order valence-corrected chi connectivity index (χ4v) is 5.91. The van der Waals surface area contributed by atoms with Crippen LogP contribution in [0.4, 0.5) is 27.3 Å². The first kappa shape index (κ1) is 18.9. The summed E-state index contributed by atoms with van der Waals surface area (Å²) in [6.45, 7) is -0.207. The Bertz CT molecular complexity index is 1810. The maximum atomic E-state index is 14.0. The van der Waals surface area contributed by atoms with E-state index in [0.717, 1.165) is 50.6 Å². The molecule has 0 aliphatic carbocycles. The van der Waals surface area contributed by atoms with Gasteiger partial charge in [0.2, 0.25) is 5.88 Å². The van der Waals surface area contributed by atoms with Crippen molar-refractivity contribution in [2.45, 2.75) is 0 Å². The first-order valence-corrected chi connectivity index (χ1v) is 11.6. The number of fused-ring (bicyclic) bond motifs is 12. The fourth-order valence-electron chi connectivity index (χ4n) is 5.91.